The normalized spacial score (nSPS) is 14.8. The van der Waals surface area contributed by atoms with Crippen LogP contribution in [0, 0.1) is 0 Å². The zero-order chi connectivity index (χ0) is 14.7. The van der Waals surface area contributed by atoms with Gasteiger partial charge in [-0.15, -0.1) is 0 Å². The van der Waals surface area contributed by atoms with Crippen molar-refractivity contribution < 1.29 is 9.47 Å². The van der Waals surface area contributed by atoms with Gasteiger partial charge < -0.3 is 14.8 Å². The van der Waals surface area contributed by atoms with Crippen LogP contribution in [0.15, 0.2) is 46.9 Å². The Morgan fingerprint density at radius 2 is 1.95 bits per heavy atom. The highest BCUT2D eigenvalue weighted by Crippen LogP contribution is 2.33. The Bertz CT molecular complexity index is 630. The fourth-order valence-electron chi connectivity index (χ4n) is 2.43. The van der Waals surface area contributed by atoms with Gasteiger partial charge in [0, 0.05) is 22.6 Å². The van der Waals surface area contributed by atoms with Crippen LogP contribution in [0.5, 0.6) is 11.5 Å². The summed E-state index contributed by atoms with van der Waals surface area (Å²) in [7, 11) is 0. The van der Waals surface area contributed by atoms with Crippen LogP contribution in [0.4, 0.5) is 0 Å². The van der Waals surface area contributed by atoms with Crippen molar-refractivity contribution >= 4 is 15.9 Å². The highest BCUT2D eigenvalue weighted by Gasteiger charge is 2.16. The SMILES string of the molecule is C[C@@H](NCc1cccc2c1OCCO2)c1cccc(Br)c1. The van der Waals surface area contributed by atoms with Gasteiger partial charge in [-0.25, -0.2) is 0 Å². The van der Waals surface area contributed by atoms with E-state index in [0.29, 0.717) is 13.2 Å². The van der Waals surface area contributed by atoms with E-state index >= 15 is 0 Å². The first-order valence-corrected chi connectivity index (χ1v) is 7.89. The first kappa shape index (κ1) is 14.4. The topological polar surface area (TPSA) is 30.5 Å². The molecule has 0 fully saturated rings. The van der Waals surface area contributed by atoms with Gasteiger partial charge in [0.15, 0.2) is 11.5 Å². The lowest BCUT2D eigenvalue weighted by atomic mass is 10.1. The summed E-state index contributed by atoms with van der Waals surface area (Å²) in [6, 6.07) is 14.7. The van der Waals surface area contributed by atoms with Crippen molar-refractivity contribution in [2.24, 2.45) is 0 Å². The van der Waals surface area contributed by atoms with Gasteiger partial charge in [0.1, 0.15) is 13.2 Å². The largest absolute Gasteiger partial charge is 0.486 e. The van der Waals surface area contributed by atoms with Crippen LogP contribution in [0.3, 0.4) is 0 Å². The Kier molecular flexibility index (Phi) is 4.46. The number of hydrogen-bond acceptors (Lipinski definition) is 3. The number of rotatable bonds is 4. The van der Waals surface area contributed by atoms with Crippen molar-refractivity contribution in [2.45, 2.75) is 19.5 Å². The minimum absolute atomic E-state index is 0.267. The van der Waals surface area contributed by atoms with E-state index in [0.717, 1.165) is 28.1 Å². The molecule has 3 nitrogen and oxygen atoms in total. The van der Waals surface area contributed by atoms with Gasteiger partial charge in [-0.2, -0.15) is 0 Å². The Labute approximate surface area is 133 Å². The molecule has 0 radical (unpaired) electrons. The maximum atomic E-state index is 5.74. The van der Waals surface area contributed by atoms with Crippen LogP contribution in [-0.4, -0.2) is 13.2 Å². The van der Waals surface area contributed by atoms with Gasteiger partial charge in [-0.05, 0) is 30.7 Å². The number of nitrogens with one attached hydrogen (secondary N) is 1. The highest BCUT2D eigenvalue weighted by atomic mass is 79.9. The molecule has 1 atom stereocenters. The van der Waals surface area contributed by atoms with Crippen LogP contribution in [0.2, 0.25) is 0 Å². The summed E-state index contributed by atoms with van der Waals surface area (Å²) < 4.78 is 12.5. The molecule has 0 aromatic heterocycles. The molecule has 110 valence electrons. The predicted octanol–water partition coefficient (Wildman–Crippen LogP) is 4.07. The summed E-state index contributed by atoms with van der Waals surface area (Å²) in [6.07, 6.45) is 0. The molecule has 3 rings (SSSR count). The van der Waals surface area contributed by atoms with Gasteiger partial charge in [0.25, 0.3) is 0 Å². The smallest absolute Gasteiger partial charge is 0.165 e. The summed E-state index contributed by atoms with van der Waals surface area (Å²) >= 11 is 3.51. The molecule has 1 heterocycles. The minimum atomic E-state index is 0.267. The average molecular weight is 348 g/mol. The molecule has 2 aromatic rings. The molecule has 0 bridgehead atoms. The van der Waals surface area contributed by atoms with Crippen molar-refractivity contribution in [3.05, 3.63) is 58.1 Å². The van der Waals surface area contributed by atoms with Crippen LogP contribution in [-0.2, 0) is 6.54 Å². The van der Waals surface area contributed by atoms with Crippen molar-refractivity contribution in [3.8, 4) is 11.5 Å². The molecule has 0 saturated heterocycles. The number of fused-ring (bicyclic) bond motifs is 1. The number of ether oxygens (including phenoxy) is 2. The summed E-state index contributed by atoms with van der Waals surface area (Å²) in [6.45, 7) is 4.15. The van der Waals surface area contributed by atoms with Crippen molar-refractivity contribution in [1.82, 2.24) is 5.32 Å². The fraction of sp³-hybridized carbons (Fsp3) is 0.294. The van der Waals surface area contributed by atoms with E-state index < -0.39 is 0 Å². The molecule has 21 heavy (non-hydrogen) atoms. The van der Waals surface area contributed by atoms with Gasteiger partial charge in [0.05, 0.1) is 0 Å². The maximum absolute atomic E-state index is 5.74. The molecule has 1 N–H and O–H groups in total. The second-order valence-corrected chi connectivity index (χ2v) is 6.01. The Morgan fingerprint density at radius 1 is 1.14 bits per heavy atom. The zero-order valence-electron chi connectivity index (χ0n) is 11.9. The molecule has 0 amide bonds. The van der Waals surface area contributed by atoms with Gasteiger partial charge in [-0.3, -0.25) is 0 Å². The minimum Gasteiger partial charge on any atom is -0.486 e. The monoisotopic (exact) mass is 347 g/mol. The van der Waals surface area contributed by atoms with Crippen LogP contribution in [0.25, 0.3) is 0 Å². The van der Waals surface area contributed by atoms with Crippen LogP contribution >= 0.6 is 15.9 Å². The van der Waals surface area contributed by atoms with E-state index in [4.69, 9.17) is 9.47 Å². The van der Waals surface area contributed by atoms with Gasteiger partial charge >= 0.3 is 0 Å². The van der Waals surface area contributed by atoms with E-state index in [-0.39, 0.29) is 6.04 Å². The molecule has 0 saturated carbocycles. The molecule has 1 aliphatic rings. The number of para-hydroxylation sites is 1. The third-order valence-corrected chi connectivity index (χ3v) is 4.09. The number of benzene rings is 2. The first-order chi connectivity index (χ1) is 10.2. The maximum Gasteiger partial charge on any atom is 0.165 e. The third-order valence-electron chi connectivity index (χ3n) is 3.60. The van der Waals surface area contributed by atoms with Crippen molar-refractivity contribution in [1.29, 1.82) is 0 Å². The van der Waals surface area contributed by atoms with Crippen LogP contribution < -0.4 is 14.8 Å². The molecule has 4 heteroatoms. The number of hydrogen-bond donors (Lipinski definition) is 1. The molecule has 2 aromatic carbocycles. The van der Waals surface area contributed by atoms with E-state index in [1.54, 1.807) is 0 Å². The Morgan fingerprint density at radius 3 is 2.81 bits per heavy atom. The van der Waals surface area contributed by atoms with E-state index in [1.807, 2.05) is 18.2 Å². The third kappa shape index (κ3) is 3.39. The van der Waals surface area contributed by atoms with Crippen molar-refractivity contribution in [3.63, 3.8) is 0 Å². The Balaban J connectivity index is 1.70. The lowest BCUT2D eigenvalue weighted by Gasteiger charge is -2.22. The molecule has 0 spiro atoms. The van der Waals surface area contributed by atoms with Gasteiger partial charge in [-0.1, -0.05) is 40.2 Å². The Hall–Kier alpha value is -1.52. The molecule has 0 aliphatic carbocycles. The summed E-state index contributed by atoms with van der Waals surface area (Å²) in [5.74, 6) is 1.72. The highest BCUT2D eigenvalue weighted by molar-refractivity contribution is 9.10. The molecular weight excluding hydrogens is 330 g/mol. The lowest BCUT2D eigenvalue weighted by Crippen LogP contribution is -2.21. The molecular formula is C17H18BrNO2. The summed E-state index contributed by atoms with van der Waals surface area (Å²) in [5, 5.41) is 3.54. The molecule has 1 aliphatic heterocycles. The van der Waals surface area contributed by atoms with Crippen molar-refractivity contribution in [2.75, 3.05) is 13.2 Å². The van der Waals surface area contributed by atoms with E-state index in [1.165, 1.54) is 5.56 Å². The van der Waals surface area contributed by atoms with Crippen LogP contribution in [0.1, 0.15) is 24.1 Å². The number of halogens is 1. The fourth-order valence-corrected chi connectivity index (χ4v) is 2.85. The van der Waals surface area contributed by atoms with E-state index in [2.05, 4.69) is 52.4 Å². The predicted molar refractivity (Wildman–Crippen MR) is 86.8 cm³/mol. The zero-order valence-corrected chi connectivity index (χ0v) is 13.5. The lowest BCUT2D eigenvalue weighted by molar-refractivity contribution is 0.169. The van der Waals surface area contributed by atoms with E-state index in [9.17, 15) is 0 Å². The second-order valence-electron chi connectivity index (χ2n) is 5.10. The molecule has 0 unspecified atom stereocenters. The summed E-state index contributed by atoms with van der Waals surface area (Å²) in [4.78, 5) is 0. The second kappa shape index (κ2) is 6.50. The standard InChI is InChI=1S/C17H18BrNO2/c1-12(13-4-2-6-15(18)10-13)19-11-14-5-3-7-16-17(14)21-9-8-20-16/h2-7,10,12,19H,8-9,11H2,1H3/t12-/m1/s1. The quantitative estimate of drug-likeness (QED) is 0.904. The first-order valence-electron chi connectivity index (χ1n) is 7.10. The van der Waals surface area contributed by atoms with Gasteiger partial charge in [0.2, 0.25) is 0 Å². The summed E-state index contributed by atoms with van der Waals surface area (Å²) in [5.41, 5.74) is 2.39. The average Bonchev–Trinajstić information content (AvgIpc) is 2.52.